The molecule has 1 aromatic heterocycles. The lowest BCUT2D eigenvalue weighted by Crippen LogP contribution is -2.41. The molecule has 6 rings (SSSR count). The molecule has 0 bridgehead atoms. The van der Waals surface area contributed by atoms with E-state index in [0.29, 0.717) is 11.5 Å². The normalized spacial score (nSPS) is 17.7. The minimum Gasteiger partial charge on any atom is -0.497 e. The van der Waals surface area contributed by atoms with Crippen molar-refractivity contribution < 1.29 is 27.8 Å². The number of aliphatic hydroxyl groups is 1. The van der Waals surface area contributed by atoms with E-state index in [1.807, 2.05) is 30.3 Å². The number of aliphatic hydroxyl groups excluding tert-OH is 1. The Morgan fingerprint density at radius 1 is 1.02 bits per heavy atom. The fourth-order valence-electron chi connectivity index (χ4n) is 5.54. The van der Waals surface area contributed by atoms with Crippen molar-refractivity contribution in [2.45, 2.75) is 57.3 Å². The summed E-state index contributed by atoms with van der Waals surface area (Å²) in [6.07, 6.45) is -1.59. The maximum absolute atomic E-state index is 12.5. The van der Waals surface area contributed by atoms with Gasteiger partial charge in [-0.3, -0.25) is 5.32 Å². The first-order chi connectivity index (χ1) is 22.0. The molecular formula is C33H35F3N6O3S. The van der Waals surface area contributed by atoms with Crippen molar-refractivity contribution in [2.24, 2.45) is 4.99 Å². The van der Waals surface area contributed by atoms with Gasteiger partial charge in [0, 0.05) is 29.1 Å². The number of nitrogens with one attached hydrogen (secondary N) is 1. The van der Waals surface area contributed by atoms with Crippen LogP contribution in [0.15, 0.2) is 78.0 Å². The fraction of sp³-hybridized carbons (Fsp3) is 0.364. The lowest BCUT2D eigenvalue weighted by Gasteiger charge is -2.33. The van der Waals surface area contributed by atoms with Gasteiger partial charge in [-0.25, -0.2) is 14.7 Å². The Hall–Kier alpha value is -4.07. The number of nitrogens with zero attached hydrogens (tertiary/aromatic N) is 5. The van der Waals surface area contributed by atoms with Gasteiger partial charge in [0.2, 0.25) is 6.35 Å². The number of thioether (sulfide) groups is 1. The van der Waals surface area contributed by atoms with Crippen LogP contribution in [0.3, 0.4) is 0 Å². The maximum atomic E-state index is 12.5. The molecule has 1 atom stereocenters. The monoisotopic (exact) mass is 652 g/mol. The van der Waals surface area contributed by atoms with E-state index in [1.165, 1.54) is 40.8 Å². The molecule has 1 saturated heterocycles. The molecule has 46 heavy (non-hydrogen) atoms. The lowest BCUT2D eigenvalue weighted by molar-refractivity contribution is -0.274. The van der Waals surface area contributed by atoms with Gasteiger partial charge in [0.15, 0.2) is 11.0 Å². The largest absolute Gasteiger partial charge is 0.573 e. The van der Waals surface area contributed by atoms with E-state index in [9.17, 15) is 18.3 Å². The number of alkyl halides is 3. The lowest BCUT2D eigenvalue weighted by atomic mass is 10.00. The van der Waals surface area contributed by atoms with Crippen LogP contribution in [-0.2, 0) is 5.54 Å². The third kappa shape index (κ3) is 7.16. The second kappa shape index (κ2) is 13.0. The van der Waals surface area contributed by atoms with Gasteiger partial charge in [0.1, 0.15) is 17.8 Å². The van der Waals surface area contributed by atoms with Crippen molar-refractivity contribution in [3.05, 3.63) is 84.2 Å². The molecule has 9 nitrogen and oxygen atoms in total. The second-order valence-electron chi connectivity index (χ2n) is 11.6. The summed E-state index contributed by atoms with van der Waals surface area (Å²) in [4.78, 5) is 11.3. The number of methoxy groups -OCH3 is 1. The van der Waals surface area contributed by atoms with E-state index < -0.39 is 12.7 Å². The molecule has 1 saturated carbocycles. The van der Waals surface area contributed by atoms with Crippen LogP contribution in [-0.4, -0.2) is 57.2 Å². The highest BCUT2D eigenvalue weighted by atomic mass is 32.2. The molecule has 2 fully saturated rings. The maximum Gasteiger partial charge on any atom is 0.573 e. The summed E-state index contributed by atoms with van der Waals surface area (Å²) >= 11 is 1.65. The van der Waals surface area contributed by atoms with Crippen LogP contribution in [0.5, 0.6) is 11.5 Å². The Bertz CT molecular complexity index is 1690. The van der Waals surface area contributed by atoms with E-state index >= 15 is 0 Å². The van der Waals surface area contributed by atoms with Gasteiger partial charge in [-0.15, -0.1) is 18.3 Å². The number of halogens is 3. The number of aliphatic imine (C=N–C) groups is 1. The van der Waals surface area contributed by atoms with Crippen molar-refractivity contribution in [1.82, 2.24) is 20.1 Å². The van der Waals surface area contributed by atoms with E-state index in [1.54, 1.807) is 18.9 Å². The molecule has 1 aliphatic carbocycles. The molecule has 0 amide bonds. The molecule has 242 valence electrons. The molecule has 1 unspecified atom stereocenters. The molecule has 2 aliphatic rings. The molecule has 13 heteroatoms. The molecule has 2 N–H and O–H groups in total. The second-order valence-corrected chi connectivity index (χ2v) is 12.6. The molecule has 1 aliphatic heterocycles. The van der Waals surface area contributed by atoms with Crippen LogP contribution in [0.25, 0.3) is 17.1 Å². The number of anilines is 1. The smallest absolute Gasteiger partial charge is 0.497 e. The van der Waals surface area contributed by atoms with Crippen LogP contribution >= 0.6 is 11.8 Å². The highest BCUT2D eigenvalue weighted by Crippen LogP contribution is 2.46. The predicted molar refractivity (Wildman–Crippen MR) is 172 cm³/mol. The summed E-state index contributed by atoms with van der Waals surface area (Å²) in [5.74, 6) is 2.20. The minimum absolute atomic E-state index is 0.288. The van der Waals surface area contributed by atoms with E-state index in [2.05, 4.69) is 51.0 Å². The van der Waals surface area contributed by atoms with Crippen LogP contribution in [0.1, 0.15) is 50.2 Å². The number of benzene rings is 3. The zero-order valence-electron chi connectivity index (χ0n) is 25.7. The van der Waals surface area contributed by atoms with Crippen molar-refractivity contribution >= 4 is 22.6 Å². The average Bonchev–Trinajstić information content (AvgIpc) is 3.64. The van der Waals surface area contributed by atoms with Gasteiger partial charge in [-0.2, -0.15) is 0 Å². The van der Waals surface area contributed by atoms with Gasteiger partial charge in [0.25, 0.3) is 0 Å². The number of rotatable bonds is 10. The standard InChI is InChI=1S/C33H35F3N6O3S/c1-21(2)27-19-26(44-3)13-14-28(27)41-17-4-18-46-31(41)38-30(43)39-32(15-16-32)23-7-5-22(6-8-23)29-37-20-42(40-29)24-9-11-25(12-10-24)45-33(34,35)36/h5-14,19-21,30,39,43H,4,15-18H2,1-3H3. The summed E-state index contributed by atoms with van der Waals surface area (Å²) < 4.78 is 48.3. The first-order valence-electron chi connectivity index (χ1n) is 15.0. The van der Waals surface area contributed by atoms with Crippen molar-refractivity contribution in [2.75, 3.05) is 24.3 Å². The van der Waals surface area contributed by atoms with Gasteiger partial charge in [-0.05, 0) is 78.8 Å². The van der Waals surface area contributed by atoms with Crippen LogP contribution in [0, 0.1) is 0 Å². The minimum atomic E-state index is -4.75. The molecule has 2 heterocycles. The van der Waals surface area contributed by atoms with Crippen LogP contribution in [0.4, 0.5) is 18.9 Å². The summed E-state index contributed by atoms with van der Waals surface area (Å²) in [7, 11) is 1.67. The quantitative estimate of drug-likeness (QED) is 0.180. The van der Waals surface area contributed by atoms with E-state index in [0.717, 1.165) is 59.3 Å². The molecule has 0 spiro atoms. The molecule has 3 aromatic carbocycles. The highest BCUT2D eigenvalue weighted by Gasteiger charge is 2.45. The average molecular weight is 653 g/mol. The summed E-state index contributed by atoms with van der Waals surface area (Å²) in [6.45, 7) is 5.13. The number of ether oxygens (including phenoxy) is 2. The van der Waals surface area contributed by atoms with Crippen molar-refractivity contribution in [3.8, 4) is 28.6 Å². The van der Waals surface area contributed by atoms with Crippen LogP contribution in [0.2, 0.25) is 0 Å². The van der Waals surface area contributed by atoms with E-state index in [-0.39, 0.29) is 17.2 Å². The van der Waals surface area contributed by atoms with Crippen molar-refractivity contribution in [3.63, 3.8) is 0 Å². The first kappa shape index (κ1) is 31.9. The zero-order chi connectivity index (χ0) is 32.5. The number of hydrogen-bond acceptors (Lipinski definition) is 8. The summed E-state index contributed by atoms with van der Waals surface area (Å²) in [5, 5.41) is 19.8. The number of hydrogen-bond donors (Lipinski definition) is 2. The van der Waals surface area contributed by atoms with E-state index in [4.69, 9.17) is 9.73 Å². The summed E-state index contributed by atoms with van der Waals surface area (Å²) in [5.41, 5.74) is 4.22. The molecular weight excluding hydrogens is 617 g/mol. The number of aromatic nitrogens is 3. The SMILES string of the molecule is COc1ccc(N2CCCSC2=NC(O)NC2(c3ccc(-c4ncn(-c5ccc(OC(F)(F)F)cc5)n4)cc3)CC2)c(C(C)C)c1. The summed E-state index contributed by atoms with van der Waals surface area (Å²) in [6, 6.07) is 19.3. The Balaban J connectivity index is 1.14. The van der Waals surface area contributed by atoms with Crippen molar-refractivity contribution in [1.29, 1.82) is 0 Å². The van der Waals surface area contributed by atoms with Crippen LogP contribution < -0.4 is 19.7 Å². The highest BCUT2D eigenvalue weighted by molar-refractivity contribution is 8.14. The Morgan fingerprint density at radius 3 is 2.39 bits per heavy atom. The van der Waals surface area contributed by atoms with Gasteiger partial charge in [-0.1, -0.05) is 49.9 Å². The van der Waals surface area contributed by atoms with Gasteiger partial charge >= 0.3 is 6.36 Å². The van der Waals surface area contributed by atoms with Gasteiger partial charge < -0.3 is 19.5 Å². The van der Waals surface area contributed by atoms with Gasteiger partial charge in [0.05, 0.1) is 12.8 Å². The fourth-order valence-corrected chi connectivity index (χ4v) is 6.52. The first-order valence-corrected chi connectivity index (χ1v) is 16.0. The topological polar surface area (TPSA) is 97.0 Å². The molecule has 4 aromatic rings. The third-order valence-electron chi connectivity index (χ3n) is 8.05. The Kier molecular flexibility index (Phi) is 8.99. The predicted octanol–water partition coefficient (Wildman–Crippen LogP) is 6.82. The third-order valence-corrected chi connectivity index (χ3v) is 9.12. The zero-order valence-corrected chi connectivity index (χ0v) is 26.5. The Morgan fingerprint density at radius 2 is 1.74 bits per heavy atom. The Labute approximate surface area is 269 Å². The number of amidine groups is 1. The molecule has 0 radical (unpaired) electrons.